The average molecular weight is 450 g/mol. The number of fused-ring (bicyclic) bond motifs is 1. The maximum atomic E-state index is 13.4. The summed E-state index contributed by atoms with van der Waals surface area (Å²) in [5.74, 6) is -0.644. The highest BCUT2D eigenvalue weighted by molar-refractivity contribution is 7.16. The van der Waals surface area contributed by atoms with E-state index in [9.17, 15) is 9.59 Å². The van der Waals surface area contributed by atoms with Crippen LogP contribution < -0.4 is 4.90 Å². The Balaban J connectivity index is 1.62. The van der Waals surface area contributed by atoms with E-state index in [-0.39, 0.29) is 24.6 Å². The molecular formula is C24H23N3O4S. The Kier molecular flexibility index (Phi) is 6.61. The van der Waals surface area contributed by atoms with E-state index in [0.29, 0.717) is 34.3 Å². The van der Waals surface area contributed by atoms with Crippen molar-refractivity contribution in [2.75, 3.05) is 18.1 Å². The Labute approximate surface area is 189 Å². The first-order valence-electron chi connectivity index (χ1n) is 10.4. The minimum absolute atomic E-state index is 0.0686. The molecule has 1 amide bonds. The van der Waals surface area contributed by atoms with Gasteiger partial charge in [-0.3, -0.25) is 9.69 Å². The lowest BCUT2D eigenvalue weighted by Crippen LogP contribution is -2.34. The third-order valence-electron chi connectivity index (χ3n) is 5.02. The smallest absolute Gasteiger partial charge is 0.358 e. The molecule has 4 aromatic rings. The monoisotopic (exact) mass is 449 g/mol. The van der Waals surface area contributed by atoms with Gasteiger partial charge in [-0.1, -0.05) is 47.6 Å². The van der Waals surface area contributed by atoms with E-state index < -0.39 is 5.97 Å². The molecule has 0 aliphatic carbocycles. The van der Waals surface area contributed by atoms with Crippen LogP contribution in [-0.2, 0) is 22.4 Å². The van der Waals surface area contributed by atoms with E-state index in [1.54, 1.807) is 18.7 Å². The van der Waals surface area contributed by atoms with E-state index in [0.717, 1.165) is 10.9 Å². The zero-order valence-corrected chi connectivity index (χ0v) is 18.7. The highest BCUT2D eigenvalue weighted by Gasteiger charge is 2.25. The number of amides is 1. The van der Waals surface area contributed by atoms with Crippen LogP contribution in [0.2, 0.25) is 0 Å². The fraction of sp³-hybridized carbons (Fsp3) is 0.250. The molecule has 0 aliphatic rings. The molecular weight excluding hydrogens is 426 g/mol. The van der Waals surface area contributed by atoms with Crippen molar-refractivity contribution in [2.24, 2.45) is 0 Å². The van der Waals surface area contributed by atoms with Gasteiger partial charge < -0.3 is 9.26 Å². The minimum atomic E-state index is -0.481. The van der Waals surface area contributed by atoms with Gasteiger partial charge >= 0.3 is 5.97 Å². The van der Waals surface area contributed by atoms with Gasteiger partial charge in [0, 0.05) is 16.8 Å². The van der Waals surface area contributed by atoms with Gasteiger partial charge in [0.1, 0.15) is 5.69 Å². The number of para-hydroxylation sites is 1. The number of anilines is 1. The summed E-state index contributed by atoms with van der Waals surface area (Å²) < 4.78 is 10.5. The zero-order valence-electron chi connectivity index (χ0n) is 17.9. The molecule has 8 heteroatoms. The second kappa shape index (κ2) is 9.74. The van der Waals surface area contributed by atoms with Gasteiger partial charge in [0.25, 0.3) is 0 Å². The van der Waals surface area contributed by atoms with Crippen LogP contribution in [0.1, 0.15) is 33.5 Å². The number of hydrogen-bond acceptors (Lipinski definition) is 7. The van der Waals surface area contributed by atoms with Crippen LogP contribution in [0.15, 0.2) is 59.1 Å². The standard InChI is InChI=1S/C24H23N3O4S/c1-3-30-23(29)22-16(2)32-24(25-22)27(14-13-17-9-5-4-6-10-17)21(28)15-19-18-11-7-8-12-20(18)31-26-19/h4-12H,3,13-15H2,1-2H3. The number of nitrogens with zero attached hydrogens (tertiary/aromatic N) is 3. The van der Waals surface area contributed by atoms with E-state index in [2.05, 4.69) is 10.1 Å². The highest BCUT2D eigenvalue weighted by atomic mass is 32.1. The van der Waals surface area contributed by atoms with Crippen LogP contribution in [0.3, 0.4) is 0 Å². The number of carbonyl (C=O) groups is 2. The van der Waals surface area contributed by atoms with Crippen molar-refractivity contribution < 1.29 is 18.8 Å². The fourth-order valence-corrected chi connectivity index (χ4v) is 4.34. The van der Waals surface area contributed by atoms with Crippen LogP contribution in [0.5, 0.6) is 0 Å². The van der Waals surface area contributed by atoms with Gasteiger partial charge in [0.15, 0.2) is 16.4 Å². The molecule has 7 nitrogen and oxygen atoms in total. The zero-order chi connectivity index (χ0) is 22.5. The average Bonchev–Trinajstić information content (AvgIpc) is 3.38. The number of rotatable bonds is 8. The van der Waals surface area contributed by atoms with E-state index in [1.807, 2.05) is 54.6 Å². The van der Waals surface area contributed by atoms with Gasteiger partial charge in [0.2, 0.25) is 5.91 Å². The maximum absolute atomic E-state index is 13.4. The topological polar surface area (TPSA) is 85.5 Å². The van der Waals surface area contributed by atoms with Gasteiger partial charge in [-0.15, -0.1) is 11.3 Å². The molecule has 2 aromatic carbocycles. The lowest BCUT2D eigenvalue weighted by atomic mass is 10.1. The largest absolute Gasteiger partial charge is 0.461 e. The Bertz CT molecular complexity index is 1230. The lowest BCUT2D eigenvalue weighted by Gasteiger charge is -2.19. The Morgan fingerprint density at radius 2 is 1.84 bits per heavy atom. The molecule has 4 rings (SSSR count). The van der Waals surface area contributed by atoms with E-state index >= 15 is 0 Å². The van der Waals surface area contributed by atoms with E-state index in [4.69, 9.17) is 9.26 Å². The number of benzene rings is 2. The van der Waals surface area contributed by atoms with Crippen molar-refractivity contribution in [1.29, 1.82) is 0 Å². The predicted molar refractivity (Wildman–Crippen MR) is 123 cm³/mol. The Morgan fingerprint density at radius 3 is 2.62 bits per heavy atom. The van der Waals surface area contributed by atoms with Crippen molar-refractivity contribution in [3.8, 4) is 0 Å². The number of carbonyl (C=O) groups excluding carboxylic acids is 2. The third kappa shape index (κ3) is 4.70. The van der Waals surface area contributed by atoms with Crippen LogP contribution in [0.4, 0.5) is 5.13 Å². The summed E-state index contributed by atoms with van der Waals surface area (Å²) >= 11 is 1.31. The first-order chi connectivity index (χ1) is 15.6. The minimum Gasteiger partial charge on any atom is -0.461 e. The number of aryl methyl sites for hydroxylation is 1. The van der Waals surface area contributed by atoms with Crippen molar-refractivity contribution in [3.63, 3.8) is 0 Å². The fourth-order valence-electron chi connectivity index (χ4n) is 3.40. The van der Waals surface area contributed by atoms with Crippen LogP contribution in [0.25, 0.3) is 11.0 Å². The SMILES string of the molecule is CCOC(=O)c1nc(N(CCc2ccccc2)C(=O)Cc2noc3ccccc23)sc1C. The molecule has 0 fully saturated rings. The summed E-state index contributed by atoms with van der Waals surface area (Å²) in [5, 5.41) is 5.37. The molecule has 0 aliphatic heterocycles. The first-order valence-corrected chi connectivity index (χ1v) is 11.2. The molecule has 0 unspecified atom stereocenters. The molecule has 164 valence electrons. The number of aromatic nitrogens is 2. The van der Waals surface area contributed by atoms with Crippen LogP contribution in [-0.4, -0.2) is 35.2 Å². The van der Waals surface area contributed by atoms with Crippen molar-refractivity contribution in [3.05, 3.63) is 76.4 Å². The summed E-state index contributed by atoms with van der Waals surface area (Å²) in [6.07, 6.45) is 0.721. The van der Waals surface area contributed by atoms with Crippen molar-refractivity contribution in [2.45, 2.75) is 26.7 Å². The second-order valence-corrected chi connectivity index (χ2v) is 8.39. The molecule has 0 radical (unpaired) electrons. The molecule has 32 heavy (non-hydrogen) atoms. The van der Waals surface area contributed by atoms with Crippen molar-refractivity contribution in [1.82, 2.24) is 10.1 Å². The Hall–Kier alpha value is -3.52. The summed E-state index contributed by atoms with van der Waals surface area (Å²) in [7, 11) is 0. The van der Waals surface area contributed by atoms with Gasteiger partial charge in [-0.05, 0) is 38.0 Å². The number of ether oxygens (including phenoxy) is 1. The molecule has 2 heterocycles. The molecule has 0 atom stereocenters. The molecule has 2 aromatic heterocycles. The summed E-state index contributed by atoms with van der Waals surface area (Å²) in [4.78, 5) is 32.4. The summed E-state index contributed by atoms with van der Waals surface area (Å²) in [5.41, 5.74) is 2.57. The number of esters is 1. The van der Waals surface area contributed by atoms with E-state index in [1.165, 1.54) is 11.3 Å². The van der Waals surface area contributed by atoms with Crippen LogP contribution >= 0.6 is 11.3 Å². The lowest BCUT2D eigenvalue weighted by molar-refractivity contribution is -0.118. The van der Waals surface area contributed by atoms with Gasteiger partial charge in [-0.2, -0.15) is 0 Å². The number of thiazole rings is 1. The van der Waals surface area contributed by atoms with Gasteiger partial charge in [0.05, 0.1) is 13.0 Å². The molecule has 0 saturated heterocycles. The second-order valence-electron chi connectivity index (χ2n) is 7.20. The summed E-state index contributed by atoms with van der Waals surface area (Å²) in [6.45, 7) is 4.24. The Morgan fingerprint density at radius 1 is 1.09 bits per heavy atom. The number of hydrogen-bond donors (Lipinski definition) is 0. The molecule has 0 bridgehead atoms. The quantitative estimate of drug-likeness (QED) is 0.366. The molecule has 0 N–H and O–H groups in total. The highest BCUT2D eigenvalue weighted by Crippen LogP contribution is 2.28. The predicted octanol–water partition coefficient (Wildman–Crippen LogP) is 4.59. The molecule has 0 spiro atoms. The van der Waals surface area contributed by atoms with Crippen LogP contribution in [0, 0.1) is 6.92 Å². The normalized spacial score (nSPS) is 10.9. The van der Waals surface area contributed by atoms with Crippen molar-refractivity contribution >= 4 is 39.3 Å². The third-order valence-corrected chi connectivity index (χ3v) is 6.02. The maximum Gasteiger partial charge on any atom is 0.358 e. The van der Waals surface area contributed by atoms with Gasteiger partial charge in [-0.25, -0.2) is 9.78 Å². The molecule has 0 saturated carbocycles. The summed E-state index contributed by atoms with van der Waals surface area (Å²) in [6, 6.07) is 17.4. The first kappa shape index (κ1) is 21.7.